The van der Waals surface area contributed by atoms with E-state index >= 15 is 0 Å². The van der Waals surface area contributed by atoms with E-state index in [1.165, 1.54) is 0 Å². The van der Waals surface area contributed by atoms with Gasteiger partial charge >= 0.3 is 0 Å². The van der Waals surface area contributed by atoms with Crippen LogP contribution in [0.25, 0.3) is 17.0 Å². The highest BCUT2D eigenvalue weighted by Crippen LogP contribution is 2.39. The number of pyridine rings is 1. The lowest BCUT2D eigenvalue weighted by atomic mass is 9.95. The van der Waals surface area contributed by atoms with E-state index in [0.717, 1.165) is 16.5 Å². The number of methoxy groups -OCH3 is 3. The van der Waals surface area contributed by atoms with Crippen LogP contribution in [0.3, 0.4) is 0 Å². The van der Waals surface area contributed by atoms with Gasteiger partial charge in [0.15, 0.2) is 17.3 Å². The number of ketones is 1. The molecule has 4 rings (SSSR count). The second kappa shape index (κ2) is 7.47. The fraction of sp³-hybridized carbons (Fsp3) is 0.217. The molecule has 0 amide bonds. The molecule has 2 aromatic carbocycles. The van der Waals surface area contributed by atoms with Crippen molar-refractivity contribution in [2.24, 2.45) is 0 Å². The smallest absolute Gasteiger partial charge is 0.229 e. The maximum atomic E-state index is 13.2. The SMILES string of the molecule is COc1cc(/C=C2\OCc3nc4ccccc4c(C)c3C2=O)cc(OC)c1OC. The molecule has 0 fully saturated rings. The number of allylic oxidation sites excluding steroid dienone is 1. The third-order valence-electron chi connectivity index (χ3n) is 5.03. The van der Waals surface area contributed by atoms with E-state index in [1.807, 2.05) is 31.2 Å². The summed E-state index contributed by atoms with van der Waals surface area (Å²) < 4.78 is 21.9. The minimum atomic E-state index is -0.184. The Bertz CT molecular complexity index is 1120. The lowest BCUT2D eigenvalue weighted by molar-refractivity contribution is 0.0865. The monoisotopic (exact) mass is 391 g/mol. The number of para-hydroxylation sites is 1. The summed E-state index contributed by atoms with van der Waals surface area (Å²) in [4.78, 5) is 17.8. The second-order valence-electron chi connectivity index (χ2n) is 6.66. The minimum Gasteiger partial charge on any atom is -0.493 e. The number of rotatable bonds is 4. The molecule has 2 heterocycles. The van der Waals surface area contributed by atoms with Crippen LogP contribution in [0, 0.1) is 6.92 Å². The normalized spacial score (nSPS) is 14.5. The van der Waals surface area contributed by atoms with Crippen LogP contribution in [0.2, 0.25) is 0 Å². The Morgan fingerprint density at radius 2 is 1.72 bits per heavy atom. The molecular formula is C23H21NO5. The van der Waals surface area contributed by atoms with Gasteiger partial charge in [-0.1, -0.05) is 18.2 Å². The molecule has 148 valence electrons. The summed E-state index contributed by atoms with van der Waals surface area (Å²) in [6.45, 7) is 2.19. The minimum absolute atomic E-state index is 0.184. The Balaban J connectivity index is 1.80. The first-order valence-corrected chi connectivity index (χ1v) is 9.14. The summed E-state index contributed by atoms with van der Waals surface area (Å²) >= 11 is 0. The van der Waals surface area contributed by atoms with Gasteiger partial charge in [0.1, 0.15) is 6.61 Å². The van der Waals surface area contributed by atoms with E-state index < -0.39 is 0 Å². The van der Waals surface area contributed by atoms with Crippen LogP contribution in [0.5, 0.6) is 17.2 Å². The number of aromatic nitrogens is 1. The largest absolute Gasteiger partial charge is 0.493 e. The van der Waals surface area contributed by atoms with Gasteiger partial charge in [-0.05, 0) is 42.3 Å². The van der Waals surface area contributed by atoms with Crippen LogP contribution < -0.4 is 14.2 Å². The van der Waals surface area contributed by atoms with Crippen molar-refractivity contribution >= 4 is 22.8 Å². The zero-order valence-electron chi connectivity index (χ0n) is 16.7. The van der Waals surface area contributed by atoms with Crippen LogP contribution in [0.4, 0.5) is 0 Å². The zero-order chi connectivity index (χ0) is 20.5. The number of benzene rings is 2. The molecule has 0 unspecified atom stereocenters. The summed E-state index contributed by atoms with van der Waals surface area (Å²) in [5, 5.41) is 0.966. The molecule has 6 nitrogen and oxygen atoms in total. The number of Topliss-reactive ketones (excluding diaryl/α,β-unsaturated/α-hetero) is 1. The molecule has 0 spiro atoms. The molecule has 1 aliphatic heterocycles. The quantitative estimate of drug-likeness (QED) is 0.617. The van der Waals surface area contributed by atoms with Crippen molar-refractivity contribution in [3.8, 4) is 17.2 Å². The zero-order valence-corrected chi connectivity index (χ0v) is 16.7. The van der Waals surface area contributed by atoms with Gasteiger partial charge in [0.2, 0.25) is 11.5 Å². The van der Waals surface area contributed by atoms with Gasteiger partial charge in [-0.2, -0.15) is 0 Å². The fourth-order valence-corrected chi connectivity index (χ4v) is 3.62. The van der Waals surface area contributed by atoms with Gasteiger partial charge in [-0.15, -0.1) is 0 Å². The molecule has 6 heteroatoms. The molecule has 1 aliphatic rings. The van der Waals surface area contributed by atoms with Crippen LogP contribution in [-0.4, -0.2) is 32.1 Å². The molecule has 0 atom stereocenters. The lowest BCUT2D eigenvalue weighted by Crippen LogP contribution is -2.19. The van der Waals surface area contributed by atoms with Crippen molar-refractivity contribution in [3.05, 3.63) is 64.5 Å². The number of ether oxygens (including phenoxy) is 4. The van der Waals surface area contributed by atoms with Crippen molar-refractivity contribution in [1.29, 1.82) is 0 Å². The van der Waals surface area contributed by atoms with Gasteiger partial charge in [0, 0.05) is 5.39 Å². The third-order valence-corrected chi connectivity index (χ3v) is 5.03. The average molecular weight is 391 g/mol. The van der Waals surface area contributed by atoms with E-state index in [9.17, 15) is 4.79 Å². The van der Waals surface area contributed by atoms with Gasteiger partial charge in [0.05, 0.1) is 38.1 Å². The Labute approximate surface area is 168 Å². The Kier molecular flexibility index (Phi) is 4.84. The Morgan fingerprint density at radius 3 is 2.38 bits per heavy atom. The van der Waals surface area contributed by atoms with Crippen molar-refractivity contribution in [2.75, 3.05) is 21.3 Å². The summed E-state index contributed by atoms with van der Waals surface area (Å²) in [5.41, 5.74) is 3.74. The summed E-state index contributed by atoms with van der Waals surface area (Å²) in [7, 11) is 4.64. The van der Waals surface area contributed by atoms with Crippen molar-refractivity contribution < 1.29 is 23.7 Å². The highest BCUT2D eigenvalue weighted by Gasteiger charge is 2.28. The molecule has 0 saturated carbocycles. The van der Waals surface area contributed by atoms with Gasteiger partial charge in [-0.3, -0.25) is 4.79 Å². The number of nitrogens with zero attached hydrogens (tertiary/aromatic N) is 1. The molecule has 1 aromatic heterocycles. The summed E-state index contributed by atoms with van der Waals surface area (Å²) in [6.07, 6.45) is 1.68. The molecule has 0 saturated heterocycles. The lowest BCUT2D eigenvalue weighted by Gasteiger charge is -2.21. The number of fused-ring (bicyclic) bond motifs is 2. The van der Waals surface area contributed by atoms with Gasteiger partial charge in [-0.25, -0.2) is 4.98 Å². The van der Waals surface area contributed by atoms with E-state index in [4.69, 9.17) is 18.9 Å². The molecule has 0 N–H and O–H groups in total. The van der Waals surface area contributed by atoms with Crippen LogP contribution >= 0.6 is 0 Å². The van der Waals surface area contributed by atoms with E-state index in [1.54, 1.807) is 39.5 Å². The Hall–Kier alpha value is -3.54. The third kappa shape index (κ3) is 3.16. The van der Waals surface area contributed by atoms with Crippen molar-refractivity contribution in [3.63, 3.8) is 0 Å². The predicted octanol–water partition coefficient (Wildman–Crippen LogP) is 4.32. The number of carbonyl (C=O) groups excluding carboxylic acids is 1. The van der Waals surface area contributed by atoms with Crippen molar-refractivity contribution in [1.82, 2.24) is 4.98 Å². The van der Waals surface area contributed by atoms with Crippen LogP contribution in [0.1, 0.15) is 27.2 Å². The van der Waals surface area contributed by atoms with Gasteiger partial charge < -0.3 is 18.9 Å². The predicted molar refractivity (Wildman–Crippen MR) is 110 cm³/mol. The number of carbonyl (C=O) groups is 1. The molecular weight excluding hydrogens is 370 g/mol. The topological polar surface area (TPSA) is 66.9 Å². The van der Waals surface area contributed by atoms with Gasteiger partial charge in [0.25, 0.3) is 0 Å². The van der Waals surface area contributed by atoms with E-state index in [0.29, 0.717) is 34.1 Å². The van der Waals surface area contributed by atoms with E-state index in [2.05, 4.69) is 4.98 Å². The first kappa shape index (κ1) is 18.8. The maximum Gasteiger partial charge on any atom is 0.229 e. The average Bonchev–Trinajstić information content (AvgIpc) is 2.75. The standard InChI is InChI=1S/C23H21NO5/c1-13-15-7-5-6-8-16(15)24-17-12-29-18(22(25)21(13)17)9-14-10-19(26-2)23(28-4)20(11-14)27-3/h5-11H,12H2,1-4H3/b18-9-. The number of aryl methyl sites for hydroxylation is 1. The highest BCUT2D eigenvalue weighted by molar-refractivity contribution is 6.14. The van der Waals surface area contributed by atoms with Crippen LogP contribution in [0.15, 0.2) is 42.2 Å². The number of hydrogen-bond donors (Lipinski definition) is 0. The number of hydrogen-bond acceptors (Lipinski definition) is 6. The summed E-state index contributed by atoms with van der Waals surface area (Å²) in [5.74, 6) is 1.57. The molecule has 0 radical (unpaired) electrons. The summed E-state index contributed by atoms with van der Waals surface area (Å²) in [6, 6.07) is 11.3. The van der Waals surface area contributed by atoms with Crippen molar-refractivity contribution in [2.45, 2.75) is 13.5 Å². The van der Waals surface area contributed by atoms with E-state index in [-0.39, 0.29) is 18.1 Å². The molecule has 0 bridgehead atoms. The Morgan fingerprint density at radius 1 is 1.03 bits per heavy atom. The second-order valence-corrected chi connectivity index (χ2v) is 6.66. The first-order chi connectivity index (χ1) is 14.1. The van der Waals surface area contributed by atoms with Crippen LogP contribution in [-0.2, 0) is 11.3 Å². The highest BCUT2D eigenvalue weighted by atomic mass is 16.5. The maximum absolute atomic E-state index is 13.2. The first-order valence-electron chi connectivity index (χ1n) is 9.14. The fourth-order valence-electron chi connectivity index (χ4n) is 3.62. The molecule has 3 aromatic rings. The molecule has 29 heavy (non-hydrogen) atoms. The molecule has 0 aliphatic carbocycles.